The fourth-order valence-electron chi connectivity index (χ4n) is 7.09. The van der Waals surface area contributed by atoms with Crippen LogP contribution in [0, 0.1) is 0 Å². The molecule has 0 unspecified atom stereocenters. The summed E-state index contributed by atoms with van der Waals surface area (Å²) in [6.07, 6.45) is 1.03. The normalized spacial score (nSPS) is 12.9. The van der Waals surface area contributed by atoms with Gasteiger partial charge < -0.3 is 4.57 Å². The summed E-state index contributed by atoms with van der Waals surface area (Å²) in [7, 11) is 0. The highest BCUT2D eigenvalue weighted by molar-refractivity contribution is 7.27. The SMILES string of the molecule is c1ccc2c(c1)Cc1ccc3c(sc4c3ccc3c4c4ccccc4n3-c3ccc4sc5ccccc5c4c3)c1-2. The standard InChI is InChI=1S/C37H21NS2/c1-2-8-24-21(7-1)19-22-13-15-26-27-16-17-31-35(37(27)40-36(26)34(22)24)28-10-3-5-11-30(28)38(31)23-14-18-33-29(20-23)25-9-4-6-12-32(25)39-33/h1-18,20H,19H2. The number of hydrogen-bond acceptors (Lipinski definition) is 2. The van der Waals surface area contributed by atoms with Gasteiger partial charge in [0, 0.05) is 62.4 Å². The van der Waals surface area contributed by atoms with Crippen LogP contribution in [0.1, 0.15) is 11.1 Å². The molecule has 0 spiro atoms. The first-order valence-electron chi connectivity index (χ1n) is 13.7. The number of hydrogen-bond donors (Lipinski definition) is 0. The molecule has 0 bridgehead atoms. The molecule has 9 aromatic rings. The summed E-state index contributed by atoms with van der Waals surface area (Å²) in [4.78, 5) is 0. The van der Waals surface area contributed by atoms with Gasteiger partial charge in [-0.25, -0.2) is 0 Å². The van der Waals surface area contributed by atoms with E-state index in [2.05, 4.69) is 120 Å². The van der Waals surface area contributed by atoms with Crippen LogP contribution in [0.3, 0.4) is 0 Å². The first kappa shape index (κ1) is 21.4. The van der Waals surface area contributed by atoms with E-state index < -0.39 is 0 Å². The van der Waals surface area contributed by atoms with E-state index in [1.165, 1.54) is 90.1 Å². The molecule has 0 saturated heterocycles. The summed E-state index contributed by atoms with van der Waals surface area (Å²) in [6, 6.07) is 43.0. The van der Waals surface area contributed by atoms with E-state index in [9.17, 15) is 0 Å². The number of para-hydroxylation sites is 1. The molecule has 0 fully saturated rings. The lowest BCUT2D eigenvalue weighted by molar-refractivity contribution is 1.19. The average molecular weight is 544 g/mol. The number of benzene rings is 6. The highest BCUT2D eigenvalue weighted by Crippen LogP contribution is 2.49. The third-order valence-electron chi connectivity index (χ3n) is 8.82. The van der Waals surface area contributed by atoms with E-state index in [0.29, 0.717) is 0 Å². The maximum atomic E-state index is 2.47. The summed E-state index contributed by atoms with van der Waals surface area (Å²) in [5.41, 5.74) is 9.51. The largest absolute Gasteiger partial charge is 0.309 e. The third kappa shape index (κ3) is 2.66. The van der Waals surface area contributed by atoms with Crippen LogP contribution in [0.25, 0.3) is 79.0 Å². The smallest absolute Gasteiger partial charge is 0.0555 e. The molecule has 1 nitrogen and oxygen atoms in total. The molecular weight excluding hydrogens is 523 g/mol. The Morgan fingerprint density at radius 2 is 1.27 bits per heavy atom. The van der Waals surface area contributed by atoms with E-state index in [1.807, 2.05) is 22.7 Å². The Labute approximate surface area is 238 Å². The van der Waals surface area contributed by atoms with Crippen LogP contribution >= 0.6 is 22.7 Å². The average Bonchev–Trinajstić information content (AvgIpc) is 3.74. The Kier molecular flexibility index (Phi) is 4.06. The lowest BCUT2D eigenvalue weighted by Crippen LogP contribution is -1.93. The maximum Gasteiger partial charge on any atom is 0.0555 e. The fraction of sp³-hybridized carbons (Fsp3) is 0.0270. The van der Waals surface area contributed by atoms with Gasteiger partial charge in [-0.05, 0) is 59.5 Å². The Morgan fingerprint density at radius 1 is 0.500 bits per heavy atom. The number of thiophene rings is 2. The van der Waals surface area contributed by atoms with Crippen LogP contribution in [-0.2, 0) is 6.42 Å². The topological polar surface area (TPSA) is 4.93 Å². The van der Waals surface area contributed by atoms with Crippen molar-refractivity contribution in [2.45, 2.75) is 6.42 Å². The van der Waals surface area contributed by atoms with Gasteiger partial charge in [0.25, 0.3) is 0 Å². The number of rotatable bonds is 1. The Morgan fingerprint density at radius 3 is 2.25 bits per heavy atom. The number of aromatic nitrogens is 1. The van der Waals surface area contributed by atoms with Crippen molar-refractivity contribution in [3.8, 4) is 16.8 Å². The van der Waals surface area contributed by atoms with Crippen LogP contribution in [0.4, 0.5) is 0 Å². The molecule has 1 aliphatic carbocycles. The Hall–Kier alpha value is -4.44. The highest BCUT2D eigenvalue weighted by Gasteiger charge is 2.24. The van der Waals surface area contributed by atoms with Crippen LogP contribution in [0.5, 0.6) is 0 Å². The Bertz CT molecular complexity index is 2520. The lowest BCUT2D eigenvalue weighted by Gasteiger charge is -2.08. The van der Waals surface area contributed by atoms with Crippen molar-refractivity contribution in [3.05, 3.63) is 126 Å². The van der Waals surface area contributed by atoms with Gasteiger partial charge in [0.05, 0.1) is 11.0 Å². The van der Waals surface area contributed by atoms with Crippen molar-refractivity contribution in [2.24, 2.45) is 0 Å². The van der Waals surface area contributed by atoms with E-state index in [0.717, 1.165) is 6.42 Å². The lowest BCUT2D eigenvalue weighted by atomic mass is 10.0. The number of nitrogens with zero attached hydrogens (tertiary/aromatic N) is 1. The van der Waals surface area contributed by atoms with Crippen LogP contribution in [-0.4, -0.2) is 4.57 Å². The first-order chi connectivity index (χ1) is 19.8. The second-order valence-corrected chi connectivity index (χ2v) is 13.0. The summed E-state index contributed by atoms with van der Waals surface area (Å²) >= 11 is 3.85. The van der Waals surface area contributed by atoms with Gasteiger partial charge in [-0.1, -0.05) is 78.9 Å². The molecule has 0 atom stereocenters. The molecule has 10 rings (SSSR count). The van der Waals surface area contributed by atoms with Crippen LogP contribution < -0.4 is 0 Å². The van der Waals surface area contributed by atoms with E-state index in [4.69, 9.17) is 0 Å². The molecule has 0 aliphatic heterocycles. The van der Waals surface area contributed by atoms with E-state index >= 15 is 0 Å². The molecule has 3 heteroatoms. The van der Waals surface area contributed by atoms with Gasteiger partial charge in [-0.15, -0.1) is 22.7 Å². The van der Waals surface area contributed by atoms with Gasteiger partial charge in [-0.2, -0.15) is 0 Å². The second kappa shape index (κ2) is 7.60. The monoisotopic (exact) mass is 543 g/mol. The van der Waals surface area contributed by atoms with Crippen molar-refractivity contribution in [1.29, 1.82) is 0 Å². The van der Waals surface area contributed by atoms with E-state index in [1.54, 1.807) is 0 Å². The molecular formula is C37H21NS2. The zero-order valence-corrected chi connectivity index (χ0v) is 23.1. The maximum absolute atomic E-state index is 2.47. The van der Waals surface area contributed by atoms with Gasteiger partial charge in [0.15, 0.2) is 0 Å². The summed E-state index contributed by atoms with van der Waals surface area (Å²) < 4.78 is 7.97. The van der Waals surface area contributed by atoms with E-state index in [-0.39, 0.29) is 0 Å². The molecule has 186 valence electrons. The molecule has 3 heterocycles. The molecule has 0 N–H and O–H groups in total. The highest BCUT2D eigenvalue weighted by atomic mass is 32.1. The summed E-state index contributed by atoms with van der Waals surface area (Å²) in [5, 5.41) is 8.10. The number of fused-ring (bicyclic) bond motifs is 14. The van der Waals surface area contributed by atoms with Gasteiger partial charge in [-0.3, -0.25) is 0 Å². The predicted molar refractivity (Wildman–Crippen MR) is 175 cm³/mol. The molecule has 0 radical (unpaired) electrons. The zero-order valence-electron chi connectivity index (χ0n) is 21.4. The van der Waals surface area contributed by atoms with Crippen LogP contribution in [0.15, 0.2) is 115 Å². The molecule has 6 aromatic carbocycles. The fourth-order valence-corrected chi connectivity index (χ4v) is 9.61. The first-order valence-corrected chi connectivity index (χ1v) is 15.4. The van der Waals surface area contributed by atoms with Gasteiger partial charge >= 0.3 is 0 Å². The van der Waals surface area contributed by atoms with Crippen molar-refractivity contribution in [1.82, 2.24) is 4.57 Å². The molecule has 1 aliphatic rings. The summed E-state index contributed by atoms with van der Waals surface area (Å²) in [5.74, 6) is 0. The van der Waals surface area contributed by atoms with Crippen LogP contribution in [0.2, 0.25) is 0 Å². The van der Waals surface area contributed by atoms with Crippen molar-refractivity contribution in [2.75, 3.05) is 0 Å². The van der Waals surface area contributed by atoms with Crippen molar-refractivity contribution < 1.29 is 0 Å². The Balaban J connectivity index is 1.32. The van der Waals surface area contributed by atoms with Gasteiger partial charge in [0.2, 0.25) is 0 Å². The van der Waals surface area contributed by atoms with Crippen molar-refractivity contribution in [3.63, 3.8) is 0 Å². The molecule has 0 amide bonds. The quantitative estimate of drug-likeness (QED) is 0.194. The third-order valence-corrected chi connectivity index (χ3v) is 11.2. The second-order valence-electron chi connectivity index (χ2n) is 10.9. The van der Waals surface area contributed by atoms with Gasteiger partial charge in [0.1, 0.15) is 0 Å². The molecule has 40 heavy (non-hydrogen) atoms. The minimum Gasteiger partial charge on any atom is -0.309 e. The molecule has 0 saturated carbocycles. The predicted octanol–water partition coefficient (Wildman–Crippen LogP) is 11.1. The van der Waals surface area contributed by atoms with Crippen molar-refractivity contribution >= 4 is 84.8 Å². The summed E-state index contributed by atoms with van der Waals surface area (Å²) in [6.45, 7) is 0. The molecule has 3 aromatic heterocycles. The minimum atomic E-state index is 1.03. The zero-order chi connectivity index (χ0) is 25.9. The minimum absolute atomic E-state index is 1.03.